The van der Waals surface area contributed by atoms with E-state index in [0.717, 1.165) is 9.79 Å². The number of rotatable bonds is 5. The molecule has 6 heteroatoms. The first-order chi connectivity index (χ1) is 11.4. The molecule has 0 radical (unpaired) electrons. The second-order valence-corrected chi connectivity index (χ2v) is 6.98. The number of nitrogens with one attached hydrogen (secondary N) is 2. The molecule has 126 valence electrons. The Kier molecular flexibility index (Phi) is 6.00. The number of anilines is 1. The van der Waals surface area contributed by atoms with Crippen LogP contribution in [0.15, 0.2) is 64.4 Å². The summed E-state index contributed by atoms with van der Waals surface area (Å²) in [4.78, 5) is 25.9. The van der Waals surface area contributed by atoms with Crippen LogP contribution in [0.3, 0.4) is 0 Å². The highest BCUT2D eigenvalue weighted by atomic mass is 32.2. The fourth-order valence-corrected chi connectivity index (χ4v) is 2.78. The predicted octanol–water partition coefficient (Wildman–Crippen LogP) is 2.66. The third-order valence-corrected chi connectivity index (χ3v) is 4.24. The molecule has 0 heterocycles. The Labute approximate surface area is 145 Å². The van der Waals surface area contributed by atoms with Crippen LogP contribution in [0.5, 0.6) is 0 Å². The van der Waals surface area contributed by atoms with Crippen LogP contribution < -0.4 is 10.6 Å². The van der Waals surface area contributed by atoms with Crippen LogP contribution in [0.25, 0.3) is 0 Å². The second-order valence-electron chi connectivity index (χ2n) is 5.86. The van der Waals surface area contributed by atoms with Crippen molar-refractivity contribution >= 4 is 29.3 Å². The van der Waals surface area contributed by atoms with Crippen LogP contribution >= 0.6 is 11.8 Å². The highest BCUT2D eigenvalue weighted by Crippen LogP contribution is 2.33. The number of amides is 2. The third kappa shape index (κ3) is 5.11. The van der Waals surface area contributed by atoms with Crippen LogP contribution in [0.4, 0.5) is 5.69 Å². The number of aliphatic hydroxyl groups is 1. The summed E-state index contributed by atoms with van der Waals surface area (Å²) in [6.07, 6.45) is 0. The smallest absolute Gasteiger partial charge is 0.313 e. The molecule has 2 aromatic rings. The first-order valence-electron chi connectivity index (χ1n) is 7.47. The largest absolute Gasteiger partial charge is 0.394 e. The number of aliphatic hydroxyl groups excluding tert-OH is 1. The second kappa shape index (κ2) is 7.99. The molecule has 0 spiro atoms. The van der Waals surface area contributed by atoms with Crippen molar-refractivity contribution in [2.75, 3.05) is 11.9 Å². The fourth-order valence-electron chi connectivity index (χ4n) is 1.86. The van der Waals surface area contributed by atoms with Gasteiger partial charge in [-0.15, -0.1) is 0 Å². The Hall–Kier alpha value is -2.31. The van der Waals surface area contributed by atoms with Crippen molar-refractivity contribution in [1.82, 2.24) is 5.32 Å². The van der Waals surface area contributed by atoms with Crippen LogP contribution in [-0.2, 0) is 9.59 Å². The van der Waals surface area contributed by atoms with E-state index in [2.05, 4.69) is 10.6 Å². The van der Waals surface area contributed by atoms with Gasteiger partial charge in [0.15, 0.2) is 0 Å². The third-order valence-electron chi connectivity index (χ3n) is 3.16. The van der Waals surface area contributed by atoms with Crippen molar-refractivity contribution in [3.63, 3.8) is 0 Å². The first-order valence-corrected chi connectivity index (χ1v) is 8.29. The molecule has 0 unspecified atom stereocenters. The van der Waals surface area contributed by atoms with Gasteiger partial charge in [-0.25, -0.2) is 0 Å². The Balaban J connectivity index is 2.10. The van der Waals surface area contributed by atoms with Gasteiger partial charge in [-0.1, -0.05) is 42.1 Å². The molecule has 0 atom stereocenters. The van der Waals surface area contributed by atoms with E-state index in [9.17, 15) is 14.7 Å². The van der Waals surface area contributed by atoms with Gasteiger partial charge in [0, 0.05) is 9.79 Å². The maximum Gasteiger partial charge on any atom is 0.313 e. The molecular formula is C18H20N2O3S. The molecule has 0 aliphatic rings. The minimum absolute atomic E-state index is 0.257. The normalized spacial score (nSPS) is 11.0. The fraction of sp³-hybridized carbons (Fsp3) is 0.222. The zero-order valence-corrected chi connectivity index (χ0v) is 14.4. The van der Waals surface area contributed by atoms with Crippen LogP contribution in [-0.4, -0.2) is 29.1 Å². The molecule has 3 N–H and O–H groups in total. The number of benzene rings is 2. The summed E-state index contributed by atoms with van der Waals surface area (Å²) < 4.78 is 0. The Morgan fingerprint density at radius 2 is 1.62 bits per heavy atom. The molecule has 0 fully saturated rings. The lowest BCUT2D eigenvalue weighted by Crippen LogP contribution is -2.50. The van der Waals surface area contributed by atoms with E-state index in [-0.39, 0.29) is 6.61 Å². The molecular weight excluding hydrogens is 324 g/mol. The minimum Gasteiger partial charge on any atom is -0.394 e. The highest BCUT2D eigenvalue weighted by Gasteiger charge is 2.24. The first kappa shape index (κ1) is 18.0. The molecule has 0 saturated heterocycles. The van der Waals surface area contributed by atoms with Crippen molar-refractivity contribution in [2.45, 2.75) is 29.2 Å². The summed E-state index contributed by atoms with van der Waals surface area (Å²) in [7, 11) is 0. The summed E-state index contributed by atoms with van der Waals surface area (Å²) in [5, 5.41) is 14.3. The minimum atomic E-state index is -0.854. The monoisotopic (exact) mass is 344 g/mol. The standard InChI is InChI=1S/C18H20N2O3S/c1-18(2,12-21)20-17(23)16(22)19-14-10-6-7-11-15(14)24-13-8-4-3-5-9-13/h3-11,21H,12H2,1-2H3,(H,19,22)(H,20,23). The van der Waals surface area contributed by atoms with E-state index in [1.807, 2.05) is 42.5 Å². The molecule has 24 heavy (non-hydrogen) atoms. The van der Waals surface area contributed by atoms with Gasteiger partial charge < -0.3 is 15.7 Å². The van der Waals surface area contributed by atoms with Gasteiger partial charge in [-0.2, -0.15) is 0 Å². The van der Waals surface area contributed by atoms with Crippen LogP contribution in [0.1, 0.15) is 13.8 Å². The lowest BCUT2D eigenvalue weighted by molar-refractivity contribution is -0.137. The molecule has 0 aromatic heterocycles. The summed E-state index contributed by atoms with van der Waals surface area (Å²) >= 11 is 1.50. The van der Waals surface area contributed by atoms with Crippen LogP contribution in [0, 0.1) is 0 Å². The topological polar surface area (TPSA) is 78.4 Å². The SMILES string of the molecule is CC(C)(CO)NC(=O)C(=O)Nc1ccccc1Sc1ccccc1. The van der Waals surface area contributed by atoms with Crippen molar-refractivity contribution in [1.29, 1.82) is 0 Å². The molecule has 5 nitrogen and oxygen atoms in total. The molecule has 0 bridgehead atoms. The molecule has 2 amide bonds. The Morgan fingerprint density at radius 3 is 2.29 bits per heavy atom. The summed E-state index contributed by atoms with van der Waals surface area (Å²) in [5.41, 5.74) is -0.291. The van der Waals surface area contributed by atoms with Gasteiger partial charge in [-0.3, -0.25) is 9.59 Å². The van der Waals surface area contributed by atoms with Crippen molar-refractivity contribution < 1.29 is 14.7 Å². The number of hydrogen-bond donors (Lipinski definition) is 3. The van der Waals surface area contributed by atoms with E-state index in [1.54, 1.807) is 26.0 Å². The maximum atomic E-state index is 12.1. The van der Waals surface area contributed by atoms with E-state index >= 15 is 0 Å². The number of carbonyl (C=O) groups excluding carboxylic acids is 2. The summed E-state index contributed by atoms with van der Waals surface area (Å²) in [5.74, 6) is -1.55. The lowest BCUT2D eigenvalue weighted by atomic mass is 10.1. The van der Waals surface area contributed by atoms with E-state index in [0.29, 0.717) is 5.69 Å². The van der Waals surface area contributed by atoms with Gasteiger partial charge in [0.2, 0.25) is 0 Å². The summed E-state index contributed by atoms with van der Waals surface area (Å²) in [6.45, 7) is 3.02. The number of para-hydroxylation sites is 1. The van der Waals surface area contributed by atoms with Gasteiger partial charge in [0.05, 0.1) is 17.8 Å². The van der Waals surface area contributed by atoms with E-state index < -0.39 is 17.4 Å². The molecule has 2 aromatic carbocycles. The average molecular weight is 344 g/mol. The Morgan fingerprint density at radius 1 is 1.00 bits per heavy atom. The van der Waals surface area contributed by atoms with Crippen molar-refractivity contribution in [3.05, 3.63) is 54.6 Å². The Bertz CT molecular complexity index is 717. The van der Waals surface area contributed by atoms with Crippen LogP contribution in [0.2, 0.25) is 0 Å². The predicted molar refractivity (Wildman–Crippen MR) is 94.9 cm³/mol. The molecule has 0 aliphatic carbocycles. The lowest BCUT2D eigenvalue weighted by Gasteiger charge is -2.23. The van der Waals surface area contributed by atoms with Gasteiger partial charge in [-0.05, 0) is 38.1 Å². The molecule has 0 saturated carbocycles. The van der Waals surface area contributed by atoms with Gasteiger partial charge in [0.1, 0.15) is 0 Å². The highest BCUT2D eigenvalue weighted by molar-refractivity contribution is 7.99. The molecule has 0 aliphatic heterocycles. The summed E-state index contributed by atoms with van der Waals surface area (Å²) in [6, 6.07) is 17.0. The van der Waals surface area contributed by atoms with E-state index in [1.165, 1.54) is 11.8 Å². The van der Waals surface area contributed by atoms with Crippen molar-refractivity contribution in [3.8, 4) is 0 Å². The maximum absolute atomic E-state index is 12.1. The zero-order chi connectivity index (χ0) is 17.6. The zero-order valence-electron chi connectivity index (χ0n) is 13.6. The van der Waals surface area contributed by atoms with Gasteiger partial charge >= 0.3 is 11.8 Å². The number of carbonyl (C=O) groups is 2. The van der Waals surface area contributed by atoms with Crippen molar-refractivity contribution in [2.24, 2.45) is 0 Å². The average Bonchev–Trinajstić information content (AvgIpc) is 2.57. The van der Waals surface area contributed by atoms with E-state index in [4.69, 9.17) is 0 Å². The quantitative estimate of drug-likeness (QED) is 0.729. The number of hydrogen-bond acceptors (Lipinski definition) is 4. The van der Waals surface area contributed by atoms with Gasteiger partial charge in [0.25, 0.3) is 0 Å². The molecule has 2 rings (SSSR count).